The summed E-state index contributed by atoms with van der Waals surface area (Å²) in [7, 11) is 0. The van der Waals surface area contributed by atoms with Crippen molar-refractivity contribution >= 4 is 22.4 Å². The van der Waals surface area contributed by atoms with Crippen molar-refractivity contribution in [1.82, 2.24) is 15.2 Å². The highest BCUT2D eigenvalue weighted by atomic mass is 16.2. The second-order valence-electron chi connectivity index (χ2n) is 7.99. The predicted octanol–water partition coefficient (Wildman–Crippen LogP) is 3.35. The summed E-state index contributed by atoms with van der Waals surface area (Å²) in [4.78, 5) is 25.1. The van der Waals surface area contributed by atoms with Gasteiger partial charge < -0.3 is 0 Å². The van der Waals surface area contributed by atoms with E-state index in [1.807, 2.05) is 6.92 Å². The molecule has 0 saturated heterocycles. The molecule has 3 rings (SSSR count). The first kappa shape index (κ1) is 18.3. The monoisotopic (exact) mass is 354 g/mol. The van der Waals surface area contributed by atoms with E-state index in [0.717, 1.165) is 25.0 Å². The summed E-state index contributed by atoms with van der Waals surface area (Å²) in [6, 6.07) is 7.06. The number of aryl methyl sites for hydroxylation is 1. The van der Waals surface area contributed by atoms with Crippen LogP contribution in [0.15, 0.2) is 34.2 Å². The fourth-order valence-electron chi connectivity index (χ4n) is 4.00. The molecule has 0 radical (unpaired) electrons. The van der Waals surface area contributed by atoms with Crippen molar-refractivity contribution in [2.75, 3.05) is 0 Å². The van der Waals surface area contributed by atoms with Crippen LogP contribution in [-0.2, 0) is 6.54 Å². The van der Waals surface area contributed by atoms with Gasteiger partial charge in [-0.05, 0) is 43.6 Å². The van der Waals surface area contributed by atoms with Crippen LogP contribution in [0.25, 0.3) is 10.8 Å². The summed E-state index contributed by atoms with van der Waals surface area (Å²) in [5.74, 6) is 0.169. The Morgan fingerprint density at radius 3 is 2.69 bits per heavy atom. The van der Waals surface area contributed by atoms with Crippen molar-refractivity contribution in [3.05, 3.63) is 40.3 Å². The van der Waals surface area contributed by atoms with Gasteiger partial charge in [-0.3, -0.25) is 9.59 Å². The zero-order valence-corrected chi connectivity index (χ0v) is 15.9. The molecule has 6 nitrogen and oxygen atoms in total. The molecule has 1 atom stereocenters. The van der Waals surface area contributed by atoms with Crippen molar-refractivity contribution in [1.29, 1.82) is 0 Å². The van der Waals surface area contributed by atoms with Crippen molar-refractivity contribution in [3.63, 3.8) is 0 Å². The van der Waals surface area contributed by atoms with Crippen LogP contribution in [-0.4, -0.2) is 21.4 Å². The quantitative estimate of drug-likeness (QED) is 0.859. The van der Waals surface area contributed by atoms with E-state index in [1.165, 1.54) is 4.68 Å². The maximum absolute atomic E-state index is 12.7. The van der Waals surface area contributed by atoms with Gasteiger partial charge in [-0.15, -0.1) is 0 Å². The topological polar surface area (TPSA) is 76.3 Å². The van der Waals surface area contributed by atoms with Crippen LogP contribution in [0, 0.1) is 11.3 Å². The van der Waals surface area contributed by atoms with Crippen LogP contribution in [0.4, 0.5) is 0 Å². The standard InChI is InChI=1S/C20H26N4O2/c1-5-24-19(26)16-9-7-6-8-15(16)17(23-24)18(25)22-21-14-10-13(2)11-20(3,4)12-14/h6-9,13H,5,10-12H2,1-4H3,(H,22,25)/b21-14-/t13-/m1/s1. The van der Waals surface area contributed by atoms with E-state index in [9.17, 15) is 9.59 Å². The number of rotatable bonds is 3. The van der Waals surface area contributed by atoms with E-state index < -0.39 is 0 Å². The summed E-state index contributed by atoms with van der Waals surface area (Å²) >= 11 is 0. The smallest absolute Gasteiger partial charge is 0.267 e. The summed E-state index contributed by atoms with van der Waals surface area (Å²) < 4.78 is 1.32. The number of hydrogen-bond acceptors (Lipinski definition) is 4. The van der Waals surface area contributed by atoms with Gasteiger partial charge in [0.2, 0.25) is 0 Å². The van der Waals surface area contributed by atoms with E-state index >= 15 is 0 Å². The number of nitrogens with zero attached hydrogens (tertiary/aromatic N) is 3. The van der Waals surface area contributed by atoms with Gasteiger partial charge in [0.1, 0.15) is 0 Å². The molecule has 1 amide bonds. The fraction of sp³-hybridized carbons (Fsp3) is 0.500. The average Bonchev–Trinajstić information content (AvgIpc) is 2.58. The number of benzene rings is 1. The summed E-state index contributed by atoms with van der Waals surface area (Å²) in [5.41, 5.74) is 3.91. The lowest BCUT2D eigenvalue weighted by molar-refractivity contribution is 0.0948. The van der Waals surface area contributed by atoms with Gasteiger partial charge in [0, 0.05) is 17.6 Å². The highest BCUT2D eigenvalue weighted by Gasteiger charge is 2.29. The van der Waals surface area contributed by atoms with Crippen molar-refractivity contribution in [2.45, 2.75) is 53.5 Å². The zero-order valence-electron chi connectivity index (χ0n) is 15.9. The van der Waals surface area contributed by atoms with Crippen LogP contribution < -0.4 is 11.0 Å². The zero-order chi connectivity index (χ0) is 18.9. The molecule has 2 aromatic rings. The van der Waals surface area contributed by atoms with Crippen LogP contribution in [0.3, 0.4) is 0 Å². The lowest BCUT2D eigenvalue weighted by atomic mass is 9.72. The molecular formula is C20H26N4O2. The molecule has 6 heteroatoms. The Morgan fingerprint density at radius 2 is 2.04 bits per heavy atom. The van der Waals surface area contributed by atoms with E-state index in [0.29, 0.717) is 23.2 Å². The molecule has 0 unspecified atom stereocenters. The Bertz CT molecular complexity index is 927. The molecule has 1 saturated carbocycles. The minimum Gasteiger partial charge on any atom is -0.267 e. The van der Waals surface area contributed by atoms with Crippen LogP contribution in [0.1, 0.15) is 57.4 Å². The summed E-state index contributed by atoms with van der Waals surface area (Å²) in [6.07, 6.45) is 2.93. The lowest BCUT2D eigenvalue weighted by Gasteiger charge is -2.34. The molecule has 0 aliphatic heterocycles. The molecule has 138 valence electrons. The first-order chi connectivity index (χ1) is 12.3. The number of aromatic nitrogens is 2. The molecule has 1 aliphatic rings. The minimum atomic E-state index is -0.382. The molecule has 1 N–H and O–H groups in total. The Hall–Kier alpha value is -2.50. The largest absolute Gasteiger partial charge is 0.292 e. The van der Waals surface area contributed by atoms with Gasteiger partial charge in [0.25, 0.3) is 11.5 Å². The first-order valence-corrected chi connectivity index (χ1v) is 9.16. The molecule has 1 fully saturated rings. The molecule has 26 heavy (non-hydrogen) atoms. The van der Waals surface area contributed by atoms with Gasteiger partial charge in [-0.2, -0.15) is 10.2 Å². The Morgan fingerprint density at radius 1 is 1.35 bits per heavy atom. The summed E-state index contributed by atoms with van der Waals surface area (Å²) in [5, 5.41) is 9.68. The van der Waals surface area contributed by atoms with E-state index in [1.54, 1.807) is 24.3 Å². The third kappa shape index (κ3) is 3.69. The van der Waals surface area contributed by atoms with Gasteiger partial charge >= 0.3 is 0 Å². The number of carbonyl (C=O) groups is 1. The van der Waals surface area contributed by atoms with Crippen LogP contribution in [0.2, 0.25) is 0 Å². The lowest BCUT2D eigenvalue weighted by Crippen LogP contribution is -2.31. The predicted molar refractivity (Wildman–Crippen MR) is 103 cm³/mol. The first-order valence-electron chi connectivity index (χ1n) is 9.16. The van der Waals surface area contributed by atoms with Crippen molar-refractivity contribution in [3.8, 4) is 0 Å². The third-order valence-electron chi connectivity index (χ3n) is 4.87. The molecule has 1 aromatic carbocycles. The second kappa shape index (κ2) is 7.02. The number of carbonyl (C=O) groups excluding carboxylic acids is 1. The van der Waals surface area contributed by atoms with Crippen LogP contribution in [0.5, 0.6) is 0 Å². The van der Waals surface area contributed by atoms with Gasteiger partial charge in [0.05, 0.1) is 5.39 Å². The van der Waals surface area contributed by atoms with Gasteiger partial charge in [0.15, 0.2) is 5.69 Å². The Kier molecular flexibility index (Phi) is 4.94. The minimum absolute atomic E-state index is 0.186. The van der Waals surface area contributed by atoms with E-state index in [2.05, 4.69) is 36.4 Å². The molecule has 0 spiro atoms. The fourth-order valence-corrected chi connectivity index (χ4v) is 4.00. The molecule has 1 aromatic heterocycles. The molecule has 1 heterocycles. The Labute approximate surface area is 153 Å². The van der Waals surface area contributed by atoms with Gasteiger partial charge in [-0.1, -0.05) is 39.0 Å². The van der Waals surface area contributed by atoms with E-state index in [-0.39, 0.29) is 22.6 Å². The summed E-state index contributed by atoms with van der Waals surface area (Å²) in [6.45, 7) is 8.91. The van der Waals surface area contributed by atoms with Crippen molar-refractivity contribution in [2.24, 2.45) is 16.4 Å². The third-order valence-corrected chi connectivity index (χ3v) is 4.87. The second-order valence-corrected chi connectivity index (χ2v) is 7.99. The molecule has 1 aliphatic carbocycles. The number of hydrogen-bond donors (Lipinski definition) is 1. The number of fused-ring (bicyclic) bond motifs is 1. The van der Waals surface area contributed by atoms with Crippen molar-refractivity contribution < 1.29 is 4.79 Å². The average molecular weight is 354 g/mol. The van der Waals surface area contributed by atoms with E-state index in [4.69, 9.17) is 0 Å². The Balaban J connectivity index is 1.92. The number of nitrogens with one attached hydrogen (secondary N) is 1. The number of hydrazone groups is 1. The maximum atomic E-state index is 12.7. The number of amides is 1. The highest BCUT2D eigenvalue weighted by Crippen LogP contribution is 2.36. The SMILES string of the molecule is CCn1nc(C(=O)N/N=C2/C[C@@H](C)CC(C)(C)C2)c2ccccc2c1=O. The van der Waals surface area contributed by atoms with Gasteiger partial charge in [-0.25, -0.2) is 10.1 Å². The molecule has 0 bridgehead atoms. The normalized spacial score (nSPS) is 21.1. The molecular weight excluding hydrogens is 328 g/mol. The highest BCUT2D eigenvalue weighted by molar-refractivity contribution is 6.05. The maximum Gasteiger partial charge on any atom is 0.292 e. The van der Waals surface area contributed by atoms with Crippen LogP contribution >= 0.6 is 0 Å².